The third kappa shape index (κ3) is 4.10. The van der Waals surface area contributed by atoms with Crippen LogP contribution in [0.25, 0.3) is 10.9 Å². The van der Waals surface area contributed by atoms with E-state index in [-0.39, 0.29) is 22.2 Å². The topological polar surface area (TPSA) is 67.5 Å². The molecule has 1 N–H and O–H groups in total. The van der Waals surface area contributed by atoms with Crippen molar-refractivity contribution in [2.75, 3.05) is 0 Å². The molecule has 0 amide bonds. The predicted octanol–water partition coefficient (Wildman–Crippen LogP) is 5.68. The van der Waals surface area contributed by atoms with E-state index in [9.17, 15) is 9.90 Å². The summed E-state index contributed by atoms with van der Waals surface area (Å²) in [6.45, 7) is 4.04. The van der Waals surface area contributed by atoms with Crippen molar-refractivity contribution < 1.29 is 5.11 Å². The highest BCUT2D eigenvalue weighted by molar-refractivity contribution is 9.10. The number of fused-ring (bicyclic) bond motifs is 1. The molecule has 0 fully saturated rings. The van der Waals surface area contributed by atoms with Crippen molar-refractivity contribution >= 4 is 60.6 Å². The Kier molecular flexibility index (Phi) is 6.03. The van der Waals surface area contributed by atoms with Gasteiger partial charge in [0.2, 0.25) is 0 Å². The van der Waals surface area contributed by atoms with Gasteiger partial charge in [-0.2, -0.15) is 9.78 Å². The van der Waals surface area contributed by atoms with Gasteiger partial charge in [0, 0.05) is 10.4 Å². The lowest BCUT2D eigenvalue weighted by molar-refractivity contribution is 0.472. The van der Waals surface area contributed by atoms with Gasteiger partial charge >= 0.3 is 0 Å². The van der Waals surface area contributed by atoms with E-state index in [1.54, 1.807) is 18.2 Å². The summed E-state index contributed by atoms with van der Waals surface area (Å²) in [6, 6.07) is 8.66. The Morgan fingerprint density at radius 1 is 1.33 bits per heavy atom. The molecule has 2 aromatic carbocycles. The van der Waals surface area contributed by atoms with E-state index in [2.05, 4.69) is 41.9 Å². The minimum absolute atomic E-state index is 0.0384. The van der Waals surface area contributed by atoms with E-state index in [1.165, 1.54) is 10.9 Å². The zero-order chi connectivity index (χ0) is 19.7. The zero-order valence-electron chi connectivity index (χ0n) is 14.6. The zero-order valence-corrected chi connectivity index (χ0v) is 18.5. The molecule has 3 rings (SSSR count). The van der Waals surface area contributed by atoms with E-state index in [0.29, 0.717) is 26.8 Å². The number of rotatable bonds is 4. The molecule has 0 saturated carbocycles. The summed E-state index contributed by atoms with van der Waals surface area (Å²) >= 11 is 12.6. The molecule has 1 atom stereocenters. The number of nitrogens with zero attached hydrogens (tertiary/aromatic N) is 3. The quantitative estimate of drug-likeness (QED) is 0.457. The summed E-state index contributed by atoms with van der Waals surface area (Å²) in [7, 11) is 0. The second kappa shape index (κ2) is 8.12. The first kappa shape index (κ1) is 20.0. The molecule has 0 saturated heterocycles. The van der Waals surface area contributed by atoms with Crippen LogP contribution in [0, 0.1) is 0 Å². The van der Waals surface area contributed by atoms with E-state index in [0.717, 1.165) is 10.9 Å². The van der Waals surface area contributed by atoms with Crippen molar-refractivity contribution in [3.05, 3.63) is 66.0 Å². The van der Waals surface area contributed by atoms with E-state index < -0.39 is 0 Å². The molecule has 0 radical (unpaired) electrons. The number of halogens is 3. The molecule has 8 heteroatoms. The van der Waals surface area contributed by atoms with Gasteiger partial charge in [-0.1, -0.05) is 41.4 Å². The maximum atomic E-state index is 13.0. The highest BCUT2D eigenvalue weighted by Gasteiger charge is 2.15. The average molecular weight is 514 g/mol. The molecular weight excluding hydrogens is 497 g/mol. The van der Waals surface area contributed by atoms with Crippen LogP contribution < -0.4 is 5.56 Å². The average Bonchev–Trinajstić information content (AvgIpc) is 2.64. The van der Waals surface area contributed by atoms with E-state index >= 15 is 0 Å². The maximum absolute atomic E-state index is 13.0. The number of hydrogen-bond acceptors (Lipinski definition) is 4. The number of hydrogen-bond donors (Lipinski definition) is 1. The monoisotopic (exact) mass is 511 g/mol. The lowest BCUT2D eigenvalue weighted by Crippen LogP contribution is -2.23. The maximum Gasteiger partial charge on any atom is 0.282 e. The first-order valence-corrected chi connectivity index (χ1v) is 10.2. The molecule has 5 nitrogen and oxygen atoms in total. The molecule has 3 aromatic rings. The number of aromatic nitrogens is 2. The number of phenolic OH excluding ortho intramolecular Hbond substituents is 1. The number of benzene rings is 2. The second-order valence-corrected chi connectivity index (χ2v) is 8.31. The first-order valence-electron chi connectivity index (χ1n) is 8.26. The van der Waals surface area contributed by atoms with Crippen LogP contribution in [0.4, 0.5) is 0 Å². The SMILES string of the molecule is CC[C@H](C)c1nc2ccc(Br)cc2c(=O)n1N=Cc1cc(Cl)c(O)c(Br)c1. The molecule has 1 aromatic heterocycles. The Labute approximate surface area is 178 Å². The predicted molar refractivity (Wildman–Crippen MR) is 116 cm³/mol. The summed E-state index contributed by atoms with van der Waals surface area (Å²) in [5.74, 6) is 0.610. The normalized spacial score (nSPS) is 12.8. The van der Waals surface area contributed by atoms with Crippen LogP contribution in [-0.4, -0.2) is 21.0 Å². The van der Waals surface area contributed by atoms with E-state index in [4.69, 9.17) is 11.6 Å². The molecule has 0 unspecified atom stereocenters. The molecular formula is C19H16Br2ClN3O2. The minimum atomic E-state index is -0.239. The molecule has 140 valence electrons. The Morgan fingerprint density at radius 2 is 2.07 bits per heavy atom. The van der Waals surface area contributed by atoms with Crippen LogP contribution in [0.1, 0.15) is 37.6 Å². The van der Waals surface area contributed by atoms with Crippen LogP contribution in [0.15, 0.2) is 49.2 Å². The van der Waals surface area contributed by atoms with Gasteiger partial charge < -0.3 is 5.11 Å². The van der Waals surface area contributed by atoms with Gasteiger partial charge in [-0.3, -0.25) is 4.79 Å². The van der Waals surface area contributed by atoms with Crippen molar-refractivity contribution in [3.63, 3.8) is 0 Å². The van der Waals surface area contributed by atoms with Crippen molar-refractivity contribution in [2.45, 2.75) is 26.2 Å². The van der Waals surface area contributed by atoms with Crippen LogP contribution >= 0.6 is 43.5 Å². The fraction of sp³-hybridized carbons (Fsp3) is 0.211. The fourth-order valence-corrected chi connectivity index (χ4v) is 3.74. The second-order valence-electron chi connectivity index (χ2n) is 6.14. The summed E-state index contributed by atoms with van der Waals surface area (Å²) in [4.78, 5) is 17.7. The largest absolute Gasteiger partial charge is 0.505 e. The van der Waals surface area contributed by atoms with Crippen molar-refractivity contribution in [1.29, 1.82) is 0 Å². The number of aromatic hydroxyl groups is 1. The molecule has 1 heterocycles. The third-order valence-electron chi connectivity index (χ3n) is 4.25. The van der Waals surface area contributed by atoms with Gasteiger partial charge in [-0.05, 0) is 58.2 Å². The van der Waals surface area contributed by atoms with Crippen LogP contribution in [0.5, 0.6) is 5.75 Å². The Hall–Kier alpha value is -1.70. The van der Waals surface area contributed by atoms with Gasteiger partial charge in [0.05, 0.1) is 26.6 Å². The number of phenols is 1. The van der Waals surface area contributed by atoms with Crippen molar-refractivity contribution in [1.82, 2.24) is 9.66 Å². The first-order chi connectivity index (χ1) is 12.8. The van der Waals surface area contributed by atoms with Gasteiger partial charge in [-0.25, -0.2) is 4.98 Å². The van der Waals surface area contributed by atoms with Gasteiger partial charge in [-0.15, -0.1) is 0 Å². The molecule has 0 aliphatic carbocycles. The van der Waals surface area contributed by atoms with Crippen molar-refractivity contribution in [2.24, 2.45) is 5.10 Å². The summed E-state index contributed by atoms with van der Waals surface area (Å²) < 4.78 is 2.58. The third-order valence-corrected chi connectivity index (χ3v) is 5.63. The molecule has 0 aliphatic rings. The summed E-state index contributed by atoms with van der Waals surface area (Å²) in [5.41, 5.74) is 1.04. The summed E-state index contributed by atoms with van der Waals surface area (Å²) in [6.07, 6.45) is 2.34. The van der Waals surface area contributed by atoms with Gasteiger partial charge in [0.15, 0.2) is 0 Å². The molecule has 27 heavy (non-hydrogen) atoms. The highest BCUT2D eigenvalue weighted by Crippen LogP contribution is 2.32. The Balaban J connectivity index is 2.19. The lowest BCUT2D eigenvalue weighted by Gasteiger charge is -2.14. The standard InChI is InChI=1S/C19H16Br2ClN3O2/c1-3-10(2)18-24-16-5-4-12(20)8-13(16)19(27)25(18)23-9-11-6-14(21)17(26)15(22)7-11/h4-10,26H,3H2,1-2H3/t10-/m0/s1. The Bertz CT molecular complexity index is 1090. The molecule has 0 spiro atoms. The summed E-state index contributed by atoms with van der Waals surface area (Å²) in [5, 5.41) is 14.8. The van der Waals surface area contributed by atoms with Crippen LogP contribution in [0.2, 0.25) is 5.02 Å². The van der Waals surface area contributed by atoms with Gasteiger partial charge in [0.25, 0.3) is 5.56 Å². The van der Waals surface area contributed by atoms with E-state index in [1.807, 2.05) is 26.0 Å². The van der Waals surface area contributed by atoms with Crippen LogP contribution in [-0.2, 0) is 0 Å². The fourth-order valence-electron chi connectivity index (χ4n) is 2.56. The minimum Gasteiger partial charge on any atom is -0.505 e. The Morgan fingerprint density at radius 3 is 2.74 bits per heavy atom. The highest BCUT2D eigenvalue weighted by atomic mass is 79.9. The van der Waals surface area contributed by atoms with Crippen molar-refractivity contribution in [3.8, 4) is 5.75 Å². The molecule has 0 bridgehead atoms. The smallest absolute Gasteiger partial charge is 0.282 e. The van der Waals surface area contributed by atoms with Crippen LogP contribution in [0.3, 0.4) is 0 Å². The molecule has 0 aliphatic heterocycles. The van der Waals surface area contributed by atoms with Gasteiger partial charge in [0.1, 0.15) is 11.6 Å². The lowest BCUT2D eigenvalue weighted by atomic mass is 10.1.